The van der Waals surface area contributed by atoms with Crippen molar-refractivity contribution in [2.45, 2.75) is 39.5 Å². The van der Waals surface area contributed by atoms with E-state index in [1.807, 2.05) is 24.9 Å². The fourth-order valence-electron chi connectivity index (χ4n) is 3.20. The van der Waals surface area contributed by atoms with E-state index in [9.17, 15) is 4.79 Å². The molecule has 1 aromatic rings. The van der Waals surface area contributed by atoms with E-state index in [1.54, 1.807) is 0 Å². The van der Waals surface area contributed by atoms with Gasteiger partial charge in [0.2, 0.25) is 0 Å². The number of imidazole rings is 1. The summed E-state index contributed by atoms with van der Waals surface area (Å²) in [7, 11) is 2.18. The van der Waals surface area contributed by atoms with Crippen LogP contribution in [0.15, 0.2) is 6.20 Å². The summed E-state index contributed by atoms with van der Waals surface area (Å²) in [5, 5.41) is 2.96. The van der Waals surface area contributed by atoms with Crippen molar-refractivity contribution in [1.29, 1.82) is 0 Å². The highest BCUT2D eigenvalue weighted by atomic mass is 16.2. The molecule has 1 saturated heterocycles. The van der Waals surface area contributed by atoms with Crippen molar-refractivity contribution < 1.29 is 4.79 Å². The smallest absolute Gasteiger partial charge is 0.318 e. The first-order valence-electron chi connectivity index (χ1n) is 8.52. The minimum atomic E-state index is 0.00914. The van der Waals surface area contributed by atoms with Gasteiger partial charge in [-0.05, 0) is 20.9 Å². The van der Waals surface area contributed by atoms with E-state index >= 15 is 0 Å². The molecule has 23 heavy (non-hydrogen) atoms. The van der Waals surface area contributed by atoms with Gasteiger partial charge in [-0.3, -0.25) is 4.90 Å². The second-order valence-electron chi connectivity index (χ2n) is 6.92. The summed E-state index contributed by atoms with van der Waals surface area (Å²) in [6.07, 6.45) is 1.98. The van der Waals surface area contributed by atoms with Crippen LogP contribution >= 0.6 is 0 Å². The third kappa shape index (κ3) is 3.84. The number of hydrogen-bond donors (Lipinski definition) is 1. The molecule has 2 amide bonds. The molecular weight excluding hydrogens is 292 g/mol. The maximum absolute atomic E-state index is 12.1. The molecule has 0 radical (unpaired) electrons. The maximum Gasteiger partial charge on any atom is 0.318 e. The van der Waals surface area contributed by atoms with Gasteiger partial charge in [0.05, 0.1) is 12.2 Å². The molecule has 0 saturated carbocycles. The lowest BCUT2D eigenvalue weighted by Crippen LogP contribution is -2.47. The zero-order valence-corrected chi connectivity index (χ0v) is 14.5. The van der Waals surface area contributed by atoms with Crippen molar-refractivity contribution in [3.05, 3.63) is 17.7 Å². The number of fused-ring (bicyclic) bond motifs is 1. The van der Waals surface area contributed by atoms with Gasteiger partial charge in [0.15, 0.2) is 0 Å². The number of urea groups is 1. The van der Waals surface area contributed by atoms with Gasteiger partial charge in [-0.1, -0.05) is 0 Å². The zero-order chi connectivity index (χ0) is 16.4. The van der Waals surface area contributed by atoms with E-state index in [4.69, 9.17) is 0 Å². The van der Waals surface area contributed by atoms with Crippen molar-refractivity contribution in [1.82, 2.24) is 29.6 Å². The Balaban J connectivity index is 1.61. The Morgan fingerprint density at radius 3 is 2.65 bits per heavy atom. The summed E-state index contributed by atoms with van der Waals surface area (Å²) in [6.45, 7) is 11.6. The van der Waals surface area contributed by atoms with E-state index in [2.05, 4.69) is 31.7 Å². The van der Waals surface area contributed by atoms with Crippen LogP contribution in [0, 0.1) is 0 Å². The lowest BCUT2D eigenvalue weighted by Gasteiger charge is -2.33. The van der Waals surface area contributed by atoms with Crippen LogP contribution in [0.3, 0.4) is 0 Å². The average molecular weight is 320 g/mol. The number of aromatic nitrogens is 2. The van der Waals surface area contributed by atoms with Crippen molar-refractivity contribution in [3.63, 3.8) is 0 Å². The van der Waals surface area contributed by atoms with Gasteiger partial charge in [-0.2, -0.15) is 0 Å². The molecule has 3 heterocycles. The molecule has 0 unspecified atom stereocenters. The first-order chi connectivity index (χ1) is 11.0. The number of piperazine rings is 1. The highest BCUT2D eigenvalue weighted by Crippen LogP contribution is 2.16. The summed E-state index contributed by atoms with van der Waals surface area (Å²) in [4.78, 5) is 23.4. The summed E-state index contributed by atoms with van der Waals surface area (Å²) in [6, 6.07) is 0.173. The fraction of sp³-hybridized carbons (Fsp3) is 0.750. The number of carbonyl (C=O) groups is 1. The predicted octanol–water partition coefficient (Wildman–Crippen LogP) is 0.564. The topological polar surface area (TPSA) is 56.6 Å². The number of hydrogen-bond acceptors (Lipinski definition) is 4. The number of rotatable bonds is 3. The SMILES string of the molecule is CC(C)NC(=O)N1CCn2c(CN3CCN(C)CC3)cnc2C1. The van der Waals surface area contributed by atoms with Crippen molar-refractivity contribution >= 4 is 6.03 Å². The Kier molecular flexibility index (Phi) is 4.87. The van der Waals surface area contributed by atoms with Crippen LogP contribution in [0.5, 0.6) is 0 Å². The Morgan fingerprint density at radius 2 is 1.96 bits per heavy atom. The normalized spacial score (nSPS) is 19.9. The molecule has 7 heteroatoms. The molecule has 0 atom stereocenters. The molecule has 0 bridgehead atoms. The number of amides is 2. The van der Waals surface area contributed by atoms with Gasteiger partial charge < -0.3 is 19.7 Å². The van der Waals surface area contributed by atoms with Crippen molar-refractivity contribution in [2.75, 3.05) is 39.8 Å². The summed E-state index contributed by atoms with van der Waals surface area (Å²) < 4.78 is 2.29. The molecule has 2 aliphatic heterocycles. The number of likely N-dealkylation sites (N-methyl/N-ethyl adjacent to an activating group) is 1. The molecule has 3 rings (SSSR count). The molecule has 7 nitrogen and oxygen atoms in total. The molecule has 2 aliphatic rings. The van der Waals surface area contributed by atoms with Crippen LogP contribution in [0.25, 0.3) is 0 Å². The molecule has 0 spiro atoms. The second-order valence-corrected chi connectivity index (χ2v) is 6.92. The van der Waals surface area contributed by atoms with Crippen LogP contribution in [0.1, 0.15) is 25.4 Å². The van der Waals surface area contributed by atoms with E-state index in [0.717, 1.165) is 51.6 Å². The van der Waals surface area contributed by atoms with Gasteiger partial charge in [0.25, 0.3) is 0 Å². The van der Waals surface area contributed by atoms with Gasteiger partial charge in [-0.15, -0.1) is 0 Å². The molecule has 0 aromatic carbocycles. The molecule has 0 aliphatic carbocycles. The fourth-order valence-corrected chi connectivity index (χ4v) is 3.20. The first-order valence-corrected chi connectivity index (χ1v) is 8.52. The predicted molar refractivity (Wildman–Crippen MR) is 89.1 cm³/mol. The monoisotopic (exact) mass is 320 g/mol. The standard InChI is InChI=1S/C16H28N6O/c1-13(2)18-16(23)21-8-9-22-14(10-17-15(22)12-21)11-20-6-4-19(3)5-7-20/h10,13H,4-9,11-12H2,1-3H3,(H,18,23). The third-order valence-electron chi connectivity index (χ3n) is 4.63. The highest BCUT2D eigenvalue weighted by Gasteiger charge is 2.24. The summed E-state index contributed by atoms with van der Waals surface area (Å²) >= 11 is 0. The van der Waals surface area contributed by atoms with Gasteiger partial charge in [0, 0.05) is 58.1 Å². The van der Waals surface area contributed by atoms with Crippen molar-refractivity contribution in [2.24, 2.45) is 0 Å². The number of nitrogens with zero attached hydrogens (tertiary/aromatic N) is 5. The van der Waals surface area contributed by atoms with Gasteiger partial charge >= 0.3 is 6.03 Å². The molecule has 1 N–H and O–H groups in total. The minimum Gasteiger partial charge on any atom is -0.336 e. The van der Waals surface area contributed by atoms with Gasteiger partial charge in [0.1, 0.15) is 5.82 Å². The Hall–Kier alpha value is -1.60. The average Bonchev–Trinajstić information content (AvgIpc) is 2.91. The van der Waals surface area contributed by atoms with Crippen LogP contribution in [-0.2, 0) is 19.6 Å². The third-order valence-corrected chi connectivity index (χ3v) is 4.63. The Labute approximate surface area is 138 Å². The van der Waals surface area contributed by atoms with Gasteiger partial charge in [-0.25, -0.2) is 9.78 Å². The lowest BCUT2D eigenvalue weighted by atomic mass is 10.3. The van der Waals surface area contributed by atoms with E-state index in [1.165, 1.54) is 5.69 Å². The molecule has 128 valence electrons. The Morgan fingerprint density at radius 1 is 1.22 bits per heavy atom. The van der Waals surface area contributed by atoms with E-state index in [0.29, 0.717) is 6.54 Å². The Bertz CT molecular complexity index is 547. The number of nitrogens with one attached hydrogen (secondary N) is 1. The highest BCUT2D eigenvalue weighted by molar-refractivity contribution is 5.74. The van der Waals surface area contributed by atoms with Crippen molar-refractivity contribution in [3.8, 4) is 0 Å². The first kappa shape index (κ1) is 16.3. The van der Waals surface area contributed by atoms with Crippen LogP contribution in [-0.4, -0.2) is 76.1 Å². The van der Waals surface area contributed by atoms with Crippen LogP contribution in [0.2, 0.25) is 0 Å². The van der Waals surface area contributed by atoms with E-state index < -0.39 is 0 Å². The molecule has 1 aromatic heterocycles. The zero-order valence-electron chi connectivity index (χ0n) is 14.5. The summed E-state index contributed by atoms with van der Waals surface area (Å²) in [5.41, 5.74) is 1.27. The lowest BCUT2D eigenvalue weighted by molar-refractivity contribution is 0.143. The minimum absolute atomic E-state index is 0.00914. The summed E-state index contributed by atoms with van der Waals surface area (Å²) in [5.74, 6) is 0.999. The second kappa shape index (κ2) is 6.88. The quantitative estimate of drug-likeness (QED) is 0.884. The van der Waals surface area contributed by atoms with Crippen LogP contribution in [0.4, 0.5) is 4.79 Å². The molecular formula is C16H28N6O. The van der Waals surface area contributed by atoms with Crippen LogP contribution < -0.4 is 5.32 Å². The molecule has 1 fully saturated rings. The largest absolute Gasteiger partial charge is 0.336 e. The maximum atomic E-state index is 12.1. The number of carbonyl (C=O) groups excluding carboxylic acids is 1. The van der Waals surface area contributed by atoms with E-state index in [-0.39, 0.29) is 12.1 Å².